The number of H-pyrrole nitrogens is 1. The molecule has 0 bridgehead atoms. The van der Waals surface area contributed by atoms with E-state index in [2.05, 4.69) is 9.97 Å². The Morgan fingerprint density at radius 3 is 2.74 bits per heavy atom. The minimum absolute atomic E-state index is 0.0108. The van der Waals surface area contributed by atoms with Gasteiger partial charge in [-0.1, -0.05) is 11.1 Å². The summed E-state index contributed by atoms with van der Waals surface area (Å²) in [5, 5.41) is 9.26. The van der Waals surface area contributed by atoms with Crippen LogP contribution in [0, 0.1) is 23.0 Å². The Labute approximate surface area is 287 Å². The van der Waals surface area contributed by atoms with Crippen LogP contribution in [-0.2, 0) is 11.0 Å². The number of hydrogen-bond donors (Lipinski definition) is 1. The fourth-order valence-corrected chi connectivity index (χ4v) is 9.22. The monoisotopic (exact) mass is 718 g/mol. The van der Waals surface area contributed by atoms with Gasteiger partial charge in [0, 0.05) is 43.8 Å². The number of thiophene rings is 1. The molecule has 3 aliphatic heterocycles. The van der Waals surface area contributed by atoms with E-state index in [9.17, 15) is 32.0 Å². The number of halogens is 6. The number of nitrogens with two attached hydrogens (primary N) is 1. The molecular formula is C34H34F6N7O2S+. The molecule has 50 heavy (non-hydrogen) atoms. The Kier molecular flexibility index (Phi) is 8.29. The molecule has 2 aromatic heterocycles. The van der Waals surface area contributed by atoms with E-state index in [1.54, 1.807) is 16.8 Å². The number of alkyl halides is 4. The van der Waals surface area contributed by atoms with Crippen LogP contribution >= 0.6 is 11.3 Å². The molecule has 264 valence electrons. The number of likely N-dealkylation sites (N-methyl/N-ethyl adjacent to an activating group) is 1. The summed E-state index contributed by atoms with van der Waals surface area (Å²) in [5.74, 6) is -2.27. The number of nitrogens with zero attached hydrogens (tertiary/aromatic N) is 5. The highest BCUT2D eigenvalue weighted by Crippen LogP contribution is 2.48. The number of carbonyl (C=O) groups is 1. The quantitative estimate of drug-likeness (QED) is 0.241. The van der Waals surface area contributed by atoms with Crippen LogP contribution < -0.4 is 20.4 Å². The lowest BCUT2D eigenvalue weighted by Gasteiger charge is -2.30. The van der Waals surface area contributed by atoms with Crippen LogP contribution in [0.5, 0.6) is 6.01 Å². The van der Waals surface area contributed by atoms with Gasteiger partial charge in [0.15, 0.2) is 11.3 Å². The first-order chi connectivity index (χ1) is 23.6. The van der Waals surface area contributed by atoms with Gasteiger partial charge in [-0.05, 0) is 44.0 Å². The zero-order valence-corrected chi connectivity index (χ0v) is 28.2. The summed E-state index contributed by atoms with van der Waals surface area (Å²) in [4.78, 5) is 25.0. The molecule has 3 fully saturated rings. The lowest BCUT2D eigenvalue weighted by molar-refractivity contribution is -0.386. The number of amides is 1. The summed E-state index contributed by atoms with van der Waals surface area (Å²) in [6.45, 7) is 4.65. The number of ether oxygens (including phenoxy) is 1. The molecule has 3 saturated heterocycles. The maximum absolute atomic E-state index is 17.1. The highest BCUT2D eigenvalue weighted by molar-refractivity contribution is 7.23. The van der Waals surface area contributed by atoms with E-state index in [4.69, 9.17) is 10.5 Å². The average Bonchev–Trinajstić information content (AvgIpc) is 3.80. The summed E-state index contributed by atoms with van der Waals surface area (Å²) in [5.41, 5.74) is 1.97. The standard InChI is InChI=1S/C34H33F6N7O2S/c1-16-24(7-10-47(16)17(2)48)45(3)31-20-11-22(34(38,39)40)26(19-5-6-23(36)29-25(19)21(13-41)30(42)50-29)27(37)28(20)43-32(44-31)49-15-33-8-4-9-46(33)14-18(35)12-33/h5-6,11,16,18,24H,4,7-10,12,14-15,42H2,1-3H3/p+1/t16-,18-,24-,33?/m1/s1. The number of benzene rings is 2. The van der Waals surface area contributed by atoms with Crippen LogP contribution in [0.2, 0.25) is 0 Å². The highest BCUT2D eigenvalue weighted by Gasteiger charge is 2.50. The predicted octanol–water partition coefficient (Wildman–Crippen LogP) is 6.08. The number of anilines is 2. The van der Waals surface area contributed by atoms with Gasteiger partial charge in [-0.3, -0.25) is 14.6 Å². The van der Waals surface area contributed by atoms with Crippen molar-refractivity contribution >= 4 is 49.1 Å². The van der Waals surface area contributed by atoms with Gasteiger partial charge in [-0.15, -0.1) is 11.3 Å². The number of fused-ring (bicyclic) bond motifs is 3. The zero-order valence-electron chi connectivity index (χ0n) is 27.4. The van der Waals surface area contributed by atoms with Crippen LogP contribution in [0.3, 0.4) is 0 Å². The molecule has 0 radical (unpaired) electrons. The summed E-state index contributed by atoms with van der Waals surface area (Å²) in [6, 6.07) is 3.62. The van der Waals surface area contributed by atoms with Gasteiger partial charge in [0.2, 0.25) is 11.7 Å². The maximum Gasteiger partial charge on any atom is 0.432 e. The number of aromatic amines is 1. The second-order valence-electron chi connectivity index (χ2n) is 13.4. The number of likely N-dealkylation sites (tertiary alicyclic amines) is 1. The second kappa shape index (κ2) is 12.2. The van der Waals surface area contributed by atoms with Crippen LogP contribution in [0.15, 0.2) is 18.2 Å². The van der Waals surface area contributed by atoms with E-state index >= 15 is 4.39 Å². The minimum Gasteiger partial charge on any atom is -0.439 e. The zero-order chi connectivity index (χ0) is 35.9. The Balaban J connectivity index is 1.45. The van der Waals surface area contributed by atoms with Crippen LogP contribution in [0.25, 0.3) is 32.1 Å². The van der Waals surface area contributed by atoms with Crippen molar-refractivity contribution in [2.45, 2.75) is 69.5 Å². The fraction of sp³-hybridized carbons (Fsp3) is 0.471. The lowest BCUT2D eigenvalue weighted by atomic mass is 9.92. The molecular weight excluding hydrogens is 684 g/mol. The minimum atomic E-state index is -5.10. The van der Waals surface area contributed by atoms with Gasteiger partial charge in [0.05, 0.1) is 45.9 Å². The molecule has 0 saturated carbocycles. The Hall–Kier alpha value is -4.36. The molecule has 0 aliphatic carbocycles. The number of nitriles is 1. The summed E-state index contributed by atoms with van der Waals surface area (Å²) in [7, 11) is 1.64. The van der Waals surface area contributed by atoms with Gasteiger partial charge >= 0.3 is 12.2 Å². The summed E-state index contributed by atoms with van der Waals surface area (Å²) in [6.07, 6.45) is -3.90. The van der Waals surface area contributed by atoms with Crippen LogP contribution in [0.4, 0.5) is 37.2 Å². The molecule has 4 aromatic rings. The van der Waals surface area contributed by atoms with Gasteiger partial charge < -0.3 is 15.4 Å². The number of hydrogen-bond acceptors (Lipinski definition) is 8. The van der Waals surface area contributed by atoms with Gasteiger partial charge in [-0.25, -0.2) is 18.2 Å². The highest BCUT2D eigenvalue weighted by atomic mass is 32.1. The van der Waals surface area contributed by atoms with Crippen molar-refractivity contribution < 1.29 is 40.9 Å². The van der Waals surface area contributed by atoms with Crippen molar-refractivity contribution in [1.29, 1.82) is 5.26 Å². The Morgan fingerprint density at radius 1 is 1.30 bits per heavy atom. The van der Waals surface area contributed by atoms with E-state index in [1.807, 2.05) is 17.9 Å². The van der Waals surface area contributed by atoms with Crippen molar-refractivity contribution in [3.8, 4) is 23.2 Å². The molecule has 7 rings (SSSR count). The van der Waals surface area contributed by atoms with E-state index in [-0.39, 0.29) is 81.0 Å². The third-order valence-corrected chi connectivity index (χ3v) is 11.7. The molecule has 1 amide bonds. The number of aromatic nitrogens is 2. The first kappa shape index (κ1) is 34.1. The SMILES string of the molecule is CC(=O)N1CC[C@@H](N(C)c2[nH+]c(OCC34CCCN3C[C@H](F)C4)nc3c(F)c(-c4ccc(F)c5sc(N)c(C#N)c45)c(C(F)(F)F)cc23)[C@H]1C. The first-order valence-corrected chi connectivity index (χ1v) is 17.1. The molecule has 3 aliphatic rings. The topological polar surface area (TPSA) is 113 Å². The lowest BCUT2D eigenvalue weighted by Crippen LogP contribution is -2.46. The average molecular weight is 719 g/mol. The van der Waals surface area contributed by atoms with E-state index in [0.29, 0.717) is 37.3 Å². The largest absolute Gasteiger partial charge is 0.439 e. The normalized spacial score (nSPS) is 23.9. The van der Waals surface area contributed by atoms with Crippen molar-refractivity contribution in [1.82, 2.24) is 14.8 Å². The molecule has 0 spiro atoms. The number of nitrogen functional groups attached to an aromatic ring is 1. The van der Waals surface area contributed by atoms with Crippen molar-refractivity contribution in [3.05, 3.63) is 41.0 Å². The third kappa shape index (κ3) is 5.36. The number of nitrogens with one attached hydrogen (secondary N) is 1. The molecule has 4 atom stereocenters. The van der Waals surface area contributed by atoms with Crippen molar-refractivity contribution in [3.63, 3.8) is 0 Å². The Bertz CT molecular complexity index is 2080. The van der Waals surface area contributed by atoms with Gasteiger partial charge in [0.1, 0.15) is 29.7 Å². The fourth-order valence-electron chi connectivity index (χ4n) is 8.27. The molecule has 2 aromatic carbocycles. The van der Waals surface area contributed by atoms with Crippen molar-refractivity contribution in [2.24, 2.45) is 0 Å². The summed E-state index contributed by atoms with van der Waals surface area (Å²) < 4.78 is 97.5. The summed E-state index contributed by atoms with van der Waals surface area (Å²) >= 11 is 0.683. The van der Waals surface area contributed by atoms with Gasteiger partial charge in [-0.2, -0.15) is 18.4 Å². The van der Waals surface area contributed by atoms with Crippen molar-refractivity contribution in [2.75, 3.05) is 43.9 Å². The molecule has 16 heteroatoms. The molecule has 9 nitrogen and oxygen atoms in total. The predicted molar refractivity (Wildman–Crippen MR) is 175 cm³/mol. The Morgan fingerprint density at radius 2 is 2.06 bits per heavy atom. The van der Waals surface area contributed by atoms with E-state index in [1.165, 1.54) is 6.92 Å². The number of carbonyl (C=O) groups excluding carboxylic acids is 1. The van der Waals surface area contributed by atoms with Crippen LogP contribution in [-0.4, -0.2) is 77.8 Å². The molecule has 5 heterocycles. The maximum atomic E-state index is 17.1. The van der Waals surface area contributed by atoms with Gasteiger partial charge in [0.25, 0.3) is 0 Å². The molecule has 3 N–H and O–H groups in total. The first-order valence-electron chi connectivity index (χ1n) is 16.2. The van der Waals surface area contributed by atoms with Crippen LogP contribution in [0.1, 0.15) is 50.7 Å². The number of rotatable bonds is 6. The van der Waals surface area contributed by atoms with E-state index < -0.39 is 46.2 Å². The molecule has 1 unspecified atom stereocenters. The smallest absolute Gasteiger partial charge is 0.432 e. The third-order valence-electron chi connectivity index (χ3n) is 10.6. The second-order valence-corrected chi connectivity index (χ2v) is 14.5. The van der Waals surface area contributed by atoms with E-state index in [0.717, 1.165) is 24.6 Å².